The molecule has 0 heterocycles. The van der Waals surface area contributed by atoms with Crippen LogP contribution in [0.5, 0.6) is 0 Å². The van der Waals surface area contributed by atoms with Crippen LogP contribution in [0.15, 0.2) is 181 Å². The van der Waals surface area contributed by atoms with Gasteiger partial charge in [-0.15, -0.1) is 0 Å². The van der Waals surface area contributed by atoms with Crippen molar-refractivity contribution in [3.8, 4) is 33.4 Å². The Morgan fingerprint density at radius 3 is 1.62 bits per heavy atom. The van der Waals surface area contributed by atoms with Crippen molar-refractivity contribution in [3.05, 3.63) is 198 Å². The molecule has 0 saturated carbocycles. The first-order valence-corrected chi connectivity index (χ1v) is 17.4. The fraction of sp³-hybridized carbons (Fsp3) is 0.0408. The fourth-order valence-corrected chi connectivity index (χ4v) is 9.19. The second kappa shape index (κ2) is 10.9. The van der Waals surface area contributed by atoms with Gasteiger partial charge in [0.05, 0.1) is 11.1 Å². The van der Waals surface area contributed by atoms with Crippen molar-refractivity contribution in [2.75, 3.05) is 0 Å². The number of benzene rings is 8. The molecule has 0 amide bonds. The summed E-state index contributed by atoms with van der Waals surface area (Å²) in [6.07, 6.45) is 3.96. The Balaban J connectivity index is 1.32. The lowest BCUT2D eigenvalue weighted by molar-refractivity contribution is 0.786. The van der Waals surface area contributed by atoms with Crippen molar-refractivity contribution in [3.63, 3.8) is 0 Å². The van der Waals surface area contributed by atoms with Gasteiger partial charge < -0.3 is 0 Å². The third kappa shape index (κ3) is 3.69. The van der Waals surface area contributed by atoms with E-state index in [9.17, 15) is 0 Å². The van der Waals surface area contributed by atoms with E-state index in [0.29, 0.717) is 0 Å². The fourth-order valence-electron chi connectivity index (χ4n) is 9.19. The molecule has 8 aromatic carbocycles. The molecule has 0 fully saturated rings. The minimum Gasteiger partial charge on any atom is -0.261 e. The zero-order valence-electron chi connectivity index (χ0n) is 27.8. The van der Waals surface area contributed by atoms with Crippen LogP contribution in [-0.4, -0.2) is 6.21 Å². The van der Waals surface area contributed by atoms with Crippen LogP contribution in [0.4, 0.5) is 0 Å². The Morgan fingerprint density at radius 1 is 0.480 bits per heavy atom. The van der Waals surface area contributed by atoms with Crippen molar-refractivity contribution >= 4 is 44.2 Å². The Morgan fingerprint density at radius 2 is 1.00 bits per heavy atom. The van der Waals surface area contributed by atoms with Crippen LogP contribution < -0.4 is 0 Å². The zero-order valence-corrected chi connectivity index (χ0v) is 27.8. The molecule has 0 bridgehead atoms. The van der Waals surface area contributed by atoms with Gasteiger partial charge >= 0.3 is 0 Å². The molecule has 8 aromatic rings. The van der Waals surface area contributed by atoms with Gasteiger partial charge in [-0.05, 0) is 101 Å². The van der Waals surface area contributed by atoms with Gasteiger partial charge in [0.1, 0.15) is 0 Å². The first-order valence-electron chi connectivity index (χ1n) is 17.4. The van der Waals surface area contributed by atoms with Gasteiger partial charge in [0.25, 0.3) is 0 Å². The Hall–Kier alpha value is -6.31. The lowest BCUT2D eigenvalue weighted by Crippen LogP contribution is -2.26. The van der Waals surface area contributed by atoms with Crippen molar-refractivity contribution in [1.82, 2.24) is 0 Å². The first kappa shape index (κ1) is 28.7. The lowest BCUT2D eigenvalue weighted by Gasteiger charge is -2.31. The van der Waals surface area contributed by atoms with E-state index in [2.05, 4.69) is 164 Å². The maximum atomic E-state index is 5.04. The van der Waals surface area contributed by atoms with E-state index in [-0.39, 0.29) is 0 Å². The summed E-state index contributed by atoms with van der Waals surface area (Å²) in [5.41, 5.74) is 14.2. The van der Waals surface area contributed by atoms with Crippen molar-refractivity contribution < 1.29 is 0 Å². The third-order valence-electron chi connectivity index (χ3n) is 11.0. The average molecular weight is 636 g/mol. The van der Waals surface area contributed by atoms with E-state index in [1.165, 1.54) is 82.4 Å². The molecular formula is C49H33N. The second-order valence-electron chi connectivity index (χ2n) is 13.3. The highest BCUT2D eigenvalue weighted by molar-refractivity contribution is 6.23. The smallest absolute Gasteiger partial charge is 0.0748 e. The first-order chi connectivity index (χ1) is 24.8. The maximum absolute atomic E-state index is 5.04. The van der Waals surface area contributed by atoms with Gasteiger partial charge in [0.15, 0.2) is 0 Å². The van der Waals surface area contributed by atoms with Gasteiger partial charge in [0.2, 0.25) is 0 Å². The largest absolute Gasteiger partial charge is 0.261 e. The minimum absolute atomic E-state index is 0.517. The van der Waals surface area contributed by atoms with E-state index in [1.807, 2.05) is 19.2 Å². The highest BCUT2D eigenvalue weighted by Crippen LogP contribution is 2.62. The monoisotopic (exact) mass is 635 g/mol. The second-order valence-corrected chi connectivity index (χ2v) is 13.3. The van der Waals surface area contributed by atoms with Crippen LogP contribution in [0.25, 0.3) is 71.4 Å². The van der Waals surface area contributed by atoms with Crippen molar-refractivity contribution in [1.29, 1.82) is 0 Å². The maximum Gasteiger partial charge on any atom is 0.0748 e. The number of rotatable bonds is 4. The van der Waals surface area contributed by atoms with Crippen LogP contribution in [-0.2, 0) is 5.41 Å². The molecule has 0 N–H and O–H groups in total. The molecule has 0 aromatic heterocycles. The van der Waals surface area contributed by atoms with Gasteiger partial charge in [-0.1, -0.05) is 164 Å². The van der Waals surface area contributed by atoms with E-state index in [4.69, 9.17) is 4.99 Å². The number of fused-ring (bicyclic) bond motifs is 10. The summed E-state index contributed by atoms with van der Waals surface area (Å²) in [5, 5.41) is 7.52. The summed E-state index contributed by atoms with van der Waals surface area (Å²) in [4.78, 5) is 5.04. The minimum atomic E-state index is -0.517. The quantitative estimate of drug-likeness (QED) is 0.135. The summed E-state index contributed by atoms with van der Waals surface area (Å²) in [5.74, 6) is 0. The molecule has 2 aliphatic carbocycles. The number of aliphatic imine (C=N–C) groups is 1. The molecule has 0 unspecified atom stereocenters. The lowest BCUT2D eigenvalue weighted by atomic mass is 9.69. The molecular weight excluding hydrogens is 603 g/mol. The predicted octanol–water partition coefficient (Wildman–Crippen LogP) is 12.8. The van der Waals surface area contributed by atoms with E-state index in [0.717, 1.165) is 16.8 Å². The molecule has 234 valence electrons. The highest BCUT2D eigenvalue weighted by atomic mass is 14.8. The van der Waals surface area contributed by atoms with Crippen LogP contribution in [0.3, 0.4) is 0 Å². The summed E-state index contributed by atoms with van der Waals surface area (Å²) in [7, 11) is 0. The summed E-state index contributed by atoms with van der Waals surface area (Å²) >= 11 is 0. The molecule has 0 radical (unpaired) electrons. The van der Waals surface area contributed by atoms with Crippen LogP contribution >= 0.6 is 0 Å². The number of allylic oxidation sites excluding steroid dienone is 2. The standard InChI is InChI=1S/C49H33N/c1-3-42-48(50-4-2)41-29-28-32(30-45(41)49(42)43-26-13-11-19-34(43)35-20-12-14-27-44(35)49)46-37-21-7-9-23-39(37)47(40-24-10-8-22-38(40)46)36-25-15-17-31-16-5-6-18-33(31)36/h3-30H,1H2,2H3. The van der Waals surface area contributed by atoms with Gasteiger partial charge in [0, 0.05) is 11.8 Å². The van der Waals surface area contributed by atoms with Crippen molar-refractivity contribution in [2.45, 2.75) is 12.3 Å². The predicted molar refractivity (Wildman–Crippen MR) is 213 cm³/mol. The molecule has 1 heteroatoms. The average Bonchev–Trinajstić information content (AvgIpc) is 3.63. The van der Waals surface area contributed by atoms with E-state index in [1.54, 1.807) is 0 Å². The highest BCUT2D eigenvalue weighted by Gasteiger charge is 2.52. The summed E-state index contributed by atoms with van der Waals surface area (Å²) < 4.78 is 0. The Kier molecular flexibility index (Phi) is 6.22. The van der Waals surface area contributed by atoms with Crippen LogP contribution in [0.1, 0.15) is 29.2 Å². The van der Waals surface area contributed by atoms with Gasteiger partial charge in [-0.25, -0.2) is 0 Å². The van der Waals surface area contributed by atoms with E-state index < -0.39 is 5.41 Å². The van der Waals surface area contributed by atoms with Crippen molar-refractivity contribution in [2.24, 2.45) is 4.99 Å². The van der Waals surface area contributed by atoms with Gasteiger partial charge in [-0.3, -0.25) is 4.99 Å². The van der Waals surface area contributed by atoms with Crippen LogP contribution in [0, 0.1) is 0 Å². The Labute approximate surface area is 292 Å². The summed E-state index contributed by atoms with van der Waals surface area (Å²) in [6, 6.07) is 58.2. The van der Waals surface area contributed by atoms with Gasteiger partial charge in [-0.2, -0.15) is 0 Å². The molecule has 0 aliphatic heterocycles. The van der Waals surface area contributed by atoms with E-state index >= 15 is 0 Å². The zero-order chi connectivity index (χ0) is 33.4. The number of hydrogen-bond acceptors (Lipinski definition) is 1. The third-order valence-corrected chi connectivity index (χ3v) is 11.0. The number of hydrogen-bond donors (Lipinski definition) is 0. The normalized spacial score (nSPS) is 14.2. The number of nitrogens with zero attached hydrogens (tertiary/aromatic N) is 1. The molecule has 0 saturated heterocycles. The van der Waals surface area contributed by atoms with Crippen LogP contribution in [0.2, 0.25) is 0 Å². The topological polar surface area (TPSA) is 12.4 Å². The SMILES string of the molecule is C=CC1=C(N=CC)c2ccc(-c3c4ccccc4c(-c4cccc5ccccc45)c4ccccc34)cc2C12c1ccccc1-c1ccccc12. The molecule has 10 rings (SSSR count). The summed E-state index contributed by atoms with van der Waals surface area (Å²) in [6.45, 7) is 6.41. The Bertz CT molecular complexity index is 2680. The molecule has 2 aliphatic rings. The molecule has 1 spiro atoms. The molecule has 50 heavy (non-hydrogen) atoms. The molecule has 1 nitrogen and oxygen atoms in total. The molecule has 0 atom stereocenters.